The fourth-order valence-corrected chi connectivity index (χ4v) is 2.19. The van der Waals surface area contributed by atoms with Gasteiger partial charge in [0.25, 0.3) is 0 Å². The molecule has 0 bridgehead atoms. The Kier molecular flexibility index (Phi) is 2.66. The van der Waals surface area contributed by atoms with Gasteiger partial charge in [0.05, 0.1) is 7.11 Å². The first-order valence-corrected chi connectivity index (χ1v) is 5.84. The highest BCUT2D eigenvalue weighted by atomic mass is 16.5. The number of rotatable bonds is 2. The highest BCUT2D eigenvalue weighted by molar-refractivity contribution is 5.93. The van der Waals surface area contributed by atoms with Crippen LogP contribution in [0.2, 0.25) is 0 Å². The van der Waals surface area contributed by atoms with E-state index in [4.69, 9.17) is 10.00 Å². The van der Waals surface area contributed by atoms with Gasteiger partial charge in [0.15, 0.2) is 0 Å². The predicted octanol–water partition coefficient (Wildman–Crippen LogP) is 2.91. The van der Waals surface area contributed by atoms with Gasteiger partial charge in [-0.3, -0.25) is 4.57 Å². The van der Waals surface area contributed by atoms with E-state index in [0.717, 1.165) is 22.3 Å². The molecule has 2 aromatic heterocycles. The standard InChI is InChI=1S/C15H11N3O/c1-19-14-6-2-5-13-12(14)7-8-17-15(13)18-9-3-4-11(18)10-16/h2-9H,1H3. The van der Waals surface area contributed by atoms with Crippen LogP contribution in [0.3, 0.4) is 0 Å². The number of hydrogen-bond donors (Lipinski definition) is 0. The minimum atomic E-state index is 0.558. The molecule has 92 valence electrons. The van der Waals surface area contributed by atoms with E-state index in [1.165, 1.54) is 0 Å². The van der Waals surface area contributed by atoms with E-state index in [9.17, 15) is 0 Å². The highest BCUT2D eigenvalue weighted by Crippen LogP contribution is 2.28. The van der Waals surface area contributed by atoms with Crippen LogP contribution in [0.1, 0.15) is 5.69 Å². The zero-order valence-electron chi connectivity index (χ0n) is 10.4. The topological polar surface area (TPSA) is 50.8 Å². The van der Waals surface area contributed by atoms with Crippen molar-refractivity contribution in [3.05, 3.63) is 54.5 Å². The molecule has 0 aliphatic heterocycles. The van der Waals surface area contributed by atoms with Gasteiger partial charge >= 0.3 is 0 Å². The Morgan fingerprint density at radius 1 is 1.16 bits per heavy atom. The number of nitrogens with zero attached hydrogens (tertiary/aromatic N) is 3. The first-order valence-electron chi connectivity index (χ1n) is 5.84. The maximum Gasteiger partial charge on any atom is 0.145 e. The molecule has 0 saturated carbocycles. The first-order chi connectivity index (χ1) is 9.35. The second-order valence-electron chi connectivity index (χ2n) is 4.07. The van der Waals surface area contributed by atoms with E-state index in [1.807, 2.05) is 36.5 Å². The van der Waals surface area contributed by atoms with Crippen molar-refractivity contribution < 1.29 is 4.74 Å². The third-order valence-corrected chi connectivity index (χ3v) is 3.06. The molecule has 0 fully saturated rings. The van der Waals surface area contributed by atoms with Crippen LogP contribution in [0, 0.1) is 11.3 Å². The normalized spacial score (nSPS) is 10.3. The average molecular weight is 249 g/mol. The molecule has 4 heteroatoms. The van der Waals surface area contributed by atoms with Crippen molar-refractivity contribution in [2.75, 3.05) is 7.11 Å². The molecule has 0 radical (unpaired) electrons. The summed E-state index contributed by atoms with van der Waals surface area (Å²) in [6.07, 6.45) is 3.56. The van der Waals surface area contributed by atoms with Crippen molar-refractivity contribution in [3.63, 3.8) is 0 Å². The summed E-state index contributed by atoms with van der Waals surface area (Å²) in [6, 6.07) is 13.5. The van der Waals surface area contributed by atoms with Crippen LogP contribution in [-0.2, 0) is 0 Å². The Hall–Kier alpha value is -2.80. The van der Waals surface area contributed by atoms with E-state index < -0.39 is 0 Å². The number of methoxy groups -OCH3 is 1. The van der Waals surface area contributed by atoms with Gasteiger partial charge in [-0.15, -0.1) is 0 Å². The lowest BCUT2D eigenvalue weighted by Gasteiger charge is -2.10. The van der Waals surface area contributed by atoms with E-state index in [2.05, 4.69) is 11.1 Å². The second-order valence-corrected chi connectivity index (χ2v) is 4.07. The van der Waals surface area contributed by atoms with Gasteiger partial charge in [-0.2, -0.15) is 5.26 Å². The zero-order chi connectivity index (χ0) is 13.2. The maximum atomic E-state index is 9.12. The fourth-order valence-electron chi connectivity index (χ4n) is 2.19. The zero-order valence-corrected chi connectivity index (χ0v) is 10.4. The van der Waals surface area contributed by atoms with Crippen molar-refractivity contribution in [2.24, 2.45) is 0 Å². The number of ether oxygens (including phenoxy) is 1. The quantitative estimate of drug-likeness (QED) is 0.701. The summed E-state index contributed by atoms with van der Waals surface area (Å²) in [5, 5.41) is 11.1. The summed E-state index contributed by atoms with van der Waals surface area (Å²) < 4.78 is 7.13. The van der Waals surface area contributed by atoms with Gasteiger partial charge in [-0.25, -0.2) is 4.98 Å². The van der Waals surface area contributed by atoms with Crippen LogP contribution < -0.4 is 4.74 Å². The number of pyridine rings is 1. The Morgan fingerprint density at radius 2 is 2.05 bits per heavy atom. The van der Waals surface area contributed by atoms with Crippen LogP contribution in [-0.4, -0.2) is 16.7 Å². The van der Waals surface area contributed by atoms with Gasteiger partial charge in [0.2, 0.25) is 0 Å². The maximum absolute atomic E-state index is 9.12. The summed E-state index contributed by atoms with van der Waals surface area (Å²) in [5.41, 5.74) is 0.558. The summed E-state index contributed by atoms with van der Waals surface area (Å²) in [4.78, 5) is 4.39. The summed E-state index contributed by atoms with van der Waals surface area (Å²) >= 11 is 0. The van der Waals surface area contributed by atoms with Gasteiger partial charge < -0.3 is 4.74 Å². The van der Waals surface area contributed by atoms with Gasteiger partial charge in [-0.1, -0.05) is 12.1 Å². The molecule has 0 atom stereocenters. The number of aromatic nitrogens is 2. The van der Waals surface area contributed by atoms with Crippen LogP contribution >= 0.6 is 0 Å². The van der Waals surface area contributed by atoms with E-state index in [0.29, 0.717) is 5.69 Å². The molecule has 0 aliphatic rings. The fraction of sp³-hybridized carbons (Fsp3) is 0.0667. The summed E-state index contributed by atoms with van der Waals surface area (Å²) in [6.45, 7) is 0. The molecule has 2 heterocycles. The average Bonchev–Trinajstić information content (AvgIpc) is 2.94. The van der Waals surface area contributed by atoms with E-state index in [-0.39, 0.29) is 0 Å². The molecule has 0 unspecified atom stereocenters. The Morgan fingerprint density at radius 3 is 2.84 bits per heavy atom. The molecule has 3 aromatic rings. The predicted molar refractivity (Wildman–Crippen MR) is 72.3 cm³/mol. The molecule has 3 rings (SSSR count). The molecule has 0 amide bonds. The third-order valence-electron chi connectivity index (χ3n) is 3.06. The highest BCUT2D eigenvalue weighted by Gasteiger charge is 2.10. The Balaban J connectivity index is 2.35. The van der Waals surface area contributed by atoms with Crippen molar-refractivity contribution >= 4 is 10.8 Å². The summed E-state index contributed by atoms with van der Waals surface area (Å²) in [5.74, 6) is 1.53. The Labute approximate surface area is 110 Å². The van der Waals surface area contributed by atoms with Crippen LogP contribution in [0.25, 0.3) is 16.6 Å². The van der Waals surface area contributed by atoms with Crippen LogP contribution in [0.5, 0.6) is 5.75 Å². The smallest absolute Gasteiger partial charge is 0.145 e. The van der Waals surface area contributed by atoms with Crippen molar-refractivity contribution in [3.8, 4) is 17.6 Å². The molecule has 1 aromatic carbocycles. The van der Waals surface area contributed by atoms with Gasteiger partial charge in [0, 0.05) is 23.2 Å². The van der Waals surface area contributed by atoms with Gasteiger partial charge in [-0.05, 0) is 24.3 Å². The minimum absolute atomic E-state index is 0.558. The molecule has 0 saturated heterocycles. The van der Waals surface area contributed by atoms with Crippen molar-refractivity contribution in [1.82, 2.24) is 9.55 Å². The second kappa shape index (κ2) is 4.46. The largest absolute Gasteiger partial charge is 0.496 e. The van der Waals surface area contributed by atoms with E-state index in [1.54, 1.807) is 23.9 Å². The molecule has 0 N–H and O–H groups in total. The van der Waals surface area contributed by atoms with Crippen LogP contribution in [0.15, 0.2) is 48.8 Å². The lowest BCUT2D eigenvalue weighted by Crippen LogP contribution is -2.00. The van der Waals surface area contributed by atoms with Crippen molar-refractivity contribution in [2.45, 2.75) is 0 Å². The summed E-state index contributed by atoms with van der Waals surface area (Å²) in [7, 11) is 1.64. The number of hydrogen-bond acceptors (Lipinski definition) is 3. The molecule has 4 nitrogen and oxygen atoms in total. The van der Waals surface area contributed by atoms with Crippen molar-refractivity contribution in [1.29, 1.82) is 5.26 Å². The molecular weight excluding hydrogens is 238 g/mol. The lowest BCUT2D eigenvalue weighted by atomic mass is 10.1. The monoisotopic (exact) mass is 249 g/mol. The number of nitriles is 1. The third kappa shape index (κ3) is 1.72. The minimum Gasteiger partial charge on any atom is -0.496 e. The first kappa shape index (κ1) is 11.3. The molecule has 0 aliphatic carbocycles. The van der Waals surface area contributed by atoms with Crippen LogP contribution in [0.4, 0.5) is 0 Å². The molecule has 19 heavy (non-hydrogen) atoms. The lowest BCUT2D eigenvalue weighted by molar-refractivity contribution is 0.420. The Bertz CT molecular complexity index is 783. The molecule has 0 spiro atoms. The number of fused-ring (bicyclic) bond motifs is 1. The molecular formula is C15H11N3O. The van der Waals surface area contributed by atoms with E-state index >= 15 is 0 Å². The van der Waals surface area contributed by atoms with Gasteiger partial charge in [0.1, 0.15) is 23.3 Å². The SMILES string of the molecule is COc1cccc2c(-n3cccc3C#N)nccc12. The number of benzene rings is 1.